The molecule has 1 fully saturated rings. The van der Waals surface area contributed by atoms with Gasteiger partial charge in [0.1, 0.15) is 0 Å². The molecule has 0 amide bonds. The summed E-state index contributed by atoms with van der Waals surface area (Å²) >= 11 is 3.39. The second kappa shape index (κ2) is 6.36. The molecular formula is C13H19BrN2. The van der Waals surface area contributed by atoms with Crippen LogP contribution in [0.15, 0.2) is 22.8 Å². The Kier molecular flexibility index (Phi) is 4.79. The number of hydrogen-bond donors (Lipinski definition) is 1. The highest BCUT2D eigenvalue weighted by atomic mass is 79.9. The molecule has 3 heteroatoms. The van der Waals surface area contributed by atoms with Crippen molar-refractivity contribution in [2.45, 2.75) is 38.6 Å². The van der Waals surface area contributed by atoms with Crippen molar-refractivity contribution in [1.29, 1.82) is 0 Å². The molecule has 1 aromatic rings. The lowest BCUT2D eigenvalue weighted by atomic mass is 9.89. The summed E-state index contributed by atoms with van der Waals surface area (Å²) in [6, 6.07) is 4.11. The van der Waals surface area contributed by atoms with Crippen molar-refractivity contribution >= 4 is 15.9 Å². The molecule has 0 atom stereocenters. The van der Waals surface area contributed by atoms with Crippen LogP contribution in [-0.4, -0.2) is 11.5 Å². The number of halogens is 1. The summed E-state index contributed by atoms with van der Waals surface area (Å²) in [5, 5.41) is 3.51. The van der Waals surface area contributed by atoms with E-state index in [1.54, 1.807) is 0 Å². The van der Waals surface area contributed by atoms with Crippen LogP contribution in [0.1, 0.15) is 37.8 Å². The Morgan fingerprint density at radius 2 is 2.06 bits per heavy atom. The van der Waals surface area contributed by atoms with Gasteiger partial charge in [0, 0.05) is 17.2 Å². The Morgan fingerprint density at radius 1 is 1.25 bits per heavy atom. The molecule has 0 aliphatic heterocycles. The molecule has 2 rings (SSSR count). The zero-order valence-corrected chi connectivity index (χ0v) is 11.2. The molecule has 1 aliphatic rings. The Bertz CT molecular complexity index is 304. The minimum Gasteiger partial charge on any atom is -0.311 e. The first-order valence-electron chi connectivity index (χ1n) is 6.16. The molecule has 1 aliphatic carbocycles. The van der Waals surface area contributed by atoms with Crippen molar-refractivity contribution in [2.75, 3.05) is 6.54 Å². The monoisotopic (exact) mass is 282 g/mol. The molecule has 0 radical (unpaired) electrons. The van der Waals surface area contributed by atoms with Crippen molar-refractivity contribution in [2.24, 2.45) is 5.92 Å². The van der Waals surface area contributed by atoms with Gasteiger partial charge in [0.25, 0.3) is 0 Å². The van der Waals surface area contributed by atoms with Crippen molar-refractivity contribution < 1.29 is 0 Å². The van der Waals surface area contributed by atoms with Crippen LogP contribution in [0.5, 0.6) is 0 Å². The molecule has 0 spiro atoms. The smallest absolute Gasteiger partial charge is 0.0542 e. The first-order chi connectivity index (χ1) is 7.84. The average molecular weight is 283 g/mol. The normalized spacial score (nSPS) is 17.6. The highest BCUT2D eigenvalue weighted by Gasteiger charge is 2.12. The first kappa shape index (κ1) is 12.1. The van der Waals surface area contributed by atoms with E-state index < -0.39 is 0 Å². The van der Waals surface area contributed by atoms with Crippen LogP contribution in [0.3, 0.4) is 0 Å². The molecule has 2 nitrogen and oxygen atoms in total. The second-order valence-electron chi connectivity index (χ2n) is 4.60. The van der Waals surface area contributed by atoms with Gasteiger partial charge in [-0.3, -0.25) is 4.98 Å². The lowest BCUT2D eigenvalue weighted by Crippen LogP contribution is -2.24. The van der Waals surface area contributed by atoms with Crippen LogP contribution in [-0.2, 0) is 6.54 Å². The summed E-state index contributed by atoms with van der Waals surface area (Å²) in [5.41, 5.74) is 1.12. The summed E-state index contributed by atoms with van der Waals surface area (Å²) in [5.74, 6) is 0.893. The van der Waals surface area contributed by atoms with Crippen LogP contribution < -0.4 is 5.32 Å². The minimum absolute atomic E-state index is 0.893. The number of nitrogens with one attached hydrogen (secondary N) is 1. The molecule has 1 aromatic heterocycles. The van der Waals surface area contributed by atoms with Crippen LogP contribution in [0.4, 0.5) is 0 Å². The van der Waals surface area contributed by atoms with E-state index in [0.717, 1.165) is 29.2 Å². The third kappa shape index (κ3) is 3.87. The number of nitrogens with zero attached hydrogens (tertiary/aromatic N) is 1. The van der Waals surface area contributed by atoms with Crippen LogP contribution in [0.25, 0.3) is 0 Å². The van der Waals surface area contributed by atoms with Gasteiger partial charge in [-0.05, 0) is 53.4 Å². The highest BCUT2D eigenvalue weighted by Crippen LogP contribution is 2.22. The molecule has 1 N–H and O–H groups in total. The van der Waals surface area contributed by atoms with Gasteiger partial charge in [0.2, 0.25) is 0 Å². The van der Waals surface area contributed by atoms with Gasteiger partial charge in [-0.2, -0.15) is 0 Å². The fourth-order valence-electron chi connectivity index (χ4n) is 2.31. The standard InChI is InChI=1S/C13H19BrN2/c14-12-6-7-13(16-9-12)10-15-8-11-4-2-1-3-5-11/h6-7,9,11,15H,1-5,8,10H2. The molecule has 1 heterocycles. The third-order valence-electron chi connectivity index (χ3n) is 3.25. The van der Waals surface area contributed by atoms with Crippen molar-refractivity contribution in [3.05, 3.63) is 28.5 Å². The quantitative estimate of drug-likeness (QED) is 0.914. The summed E-state index contributed by atoms with van der Waals surface area (Å²) < 4.78 is 1.04. The fourth-order valence-corrected chi connectivity index (χ4v) is 2.54. The van der Waals surface area contributed by atoms with E-state index in [2.05, 4.69) is 32.3 Å². The summed E-state index contributed by atoms with van der Waals surface area (Å²) in [6.07, 6.45) is 8.94. The van der Waals surface area contributed by atoms with Gasteiger partial charge < -0.3 is 5.32 Å². The molecule has 1 saturated carbocycles. The summed E-state index contributed by atoms with van der Waals surface area (Å²) in [4.78, 5) is 4.35. The van der Waals surface area contributed by atoms with Gasteiger partial charge in [-0.25, -0.2) is 0 Å². The molecule has 0 saturated heterocycles. The summed E-state index contributed by atoms with van der Waals surface area (Å²) in [6.45, 7) is 2.04. The van der Waals surface area contributed by atoms with Gasteiger partial charge in [0.05, 0.1) is 5.69 Å². The average Bonchev–Trinajstić information content (AvgIpc) is 2.33. The molecule has 16 heavy (non-hydrogen) atoms. The van der Waals surface area contributed by atoms with Gasteiger partial charge in [0.15, 0.2) is 0 Å². The fraction of sp³-hybridized carbons (Fsp3) is 0.615. The topological polar surface area (TPSA) is 24.9 Å². The zero-order valence-electron chi connectivity index (χ0n) is 9.58. The first-order valence-corrected chi connectivity index (χ1v) is 6.95. The molecule has 0 bridgehead atoms. The van der Waals surface area contributed by atoms with E-state index in [1.807, 2.05) is 12.3 Å². The maximum atomic E-state index is 4.35. The van der Waals surface area contributed by atoms with E-state index in [-0.39, 0.29) is 0 Å². The van der Waals surface area contributed by atoms with E-state index in [1.165, 1.54) is 32.1 Å². The van der Waals surface area contributed by atoms with Crippen molar-refractivity contribution in [1.82, 2.24) is 10.3 Å². The minimum atomic E-state index is 0.893. The predicted molar refractivity (Wildman–Crippen MR) is 70.2 cm³/mol. The highest BCUT2D eigenvalue weighted by molar-refractivity contribution is 9.10. The van der Waals surface area contributed by atoms with Gasteiger partial charge >= 0.3 is 0 Å². The van der Waals surface area contributed by atoms with E-state index in [0.29, 0.717) is 0 Å². The van der Waals surface area contributed by atoms with Crippen molar-refractivity contribution in [3.63, 3.8) is 0 Å². The Balaban J connectivity index is 1.69. The van der Waals surface area contributed by atoms with E-state index in [4.69, 9.17) is 0 Å². The van der Waals surface area contributed by atoms with Crippen LogP contribution in [0.2, 0.25) is 0 Å². The molecule has 0 aromatic carbocycles. The molecule has 0 unspecified atom stereocenters. The number of pyridine rings is 1. The SMILES string of the molecule is Brc1ccc(CNCC2CCCCC2)nc1. The molecule has 88 valence electrons. The Morgan fingerprint density at radius 3 is 2.75 bits per heavy atom. The number of rotatable bonds is 4. The number of aromatic nitrogens is 1. The van der Waals surface area contributed by atoms with E-state index in [9.17, 15) is 0 Å². The van der Waals surface area contributed by atoms with Crippen molar-refractivity contribution in [3.8, 4) is 0 Å². The third-order valence-corrected chi connectivity index (χ3v) is 3.72. The lowest BCUT2D eigenvalue weighted by molar-refractivity contribution is 0.341. The second-order valence-corrected chi connectivity index (χ2v) is 5.52. The van der Waals surface area contributed by atoms with Crippen LogP contribution in [0, 0.1) is 5.92 Å². The maximum Gasteiger partial charge on any atom is 0.0542 e. The zero-order chi connectivity index (χ0) is 11.2. The number of hydrogen-bond acceptors (Lipinski definition) is 2. The Hall–Kier alpha value is -0.410. The summed E-state index contributed by atoms with van der Waals surface area (Å²) in [7, 11) is 0. The Labute approximate surface area is 106 Å². The van der Waals surface area contributed by atoms with Crippen LogP contribution >= 0.6 is 15.9 Å². The largest absolute Gasteiger partial charge is 0.311 e. The van der Waals surface area contributed by atoms with Gasteiger partial charge in [-0.1, -0.05) is 19.3 Å². The maximum absolute atomic E-state index is 4.35. The van der Waals surface area contributed by atoms with E-state index >= 15 is 0 Å². The molecular weight excluding hydrogens is 264 g/mol. The lowest BCUT2D eigenvalue weighted by Gasteiger charge is -2.21. The van der Waals surface area contributed by atoms with Gasteiger partial charge in [-0.15, -0.1) is 0 Å². The predicted octanol–water partition coefficient (Wildman–Crippen LogP) is 3.51.